The Kier molecular flexibility index (Phi) is 6.38. The molecule has 3 aromatic rings. The molecular weight excluding hydrogens is 382 g/mol. The van der Waals surface area contributed by atoms with Crippen molar-refractivity contribution in [3.05, 3.63) is 47.3 Å². The Morgan fingerprint density at radius 1 is 1.03 bits per heavy atom. The minimum absolute atomic E-state index is 0.410. The second kappa shape index (κ2) is 9.04. The van der Waals surface area contributed by atoms with E-state index in [1.165, 1.54) is 53.7 Å². The molecule has 3 heterocycles. The van der Waals surface area contributed by atoms with Crippen LogP contribution in [0.25, 0.3) is 22.2 Å². The fourth-order valence-electron chi connectivity index (χ4n) is 4.94. The number of pyridine rings is 1. The Hall–Kier alpha value is -2.33. The largest absolute Gasteiger partial charge is 0.493 e. The number of hydrogen-bond donors (Lipinski definition) is 1. The first-order chi connectivity index (χ1) is 14.8. The van der Waals surface area contributed by atoms with Crippen LogP contribution in [0, 0.1) is 19.8 Å². The fourth-order valence-corrected chi connectivity index (χ4v) is 4.94. The molecule has 4 heteroatoms. The lowest BCUT2D eigenvalue weighted by Crippen LogP contribution is -2.39. The lowest BCUT2D eigenvalue weighted by atomic mass is 9.95. The van der Waals surface area contributed by atoms with Crippen LogP contribution >= 0.6 is 0 Å². The van der Waals surface area contributed by atoms with E-state index >= 15 is 0 Å². The van der Waals surface area contributed by atoms with Gasteiger partial charge in [0.25, 0.3) is 0 Å². The number of hydrogen-bond acceptors (Lipinski definition) is 3. The molecule has 1 aliphatic rings. The zero-order valence-electron chi connectivity index (χ0n) is 20.0. The summed E-state index contributed by atoms with van der Waals surface area (Å²) in [6, 6.07) is 11.5. The van der Waals surface area contributed by atoms with E-state index in [-0.39, 0.29) is 0 Å². The maximum absolute atomic E-state index is 6.29. The molecule has 166 valence electrons. The first kappa shape index (κ1) is 21.9. The lowest BCUT2D eigenvalue weighted by molar-refractivity contribution is 0.119. The summed E-state index contributed by atoms with van der Waals surface area (Å²) in [6.07, 6.45) is 2.46. The van der Waals surface area contributed by atoms with Crippen LogP contribution in [0.2, 0.25) is 0 Å². The topological polar surface area (TPSA) is 41.1 Å². The zero-order valence-corrected chi connectivity index (χ0v) is 20.0. The Morgan fingerprint density at radius 2 is 1.71 bits per heavy atom. The molecule has 4 rings (SSSR count). The monoisotopic (exact) mass is 419 g/mol. The first-order valence-corrected chi connectivity index (χ1v) is 11.8. The standard InChI is InChI=1S/C27H37N3O/c1-17(2)26-24-15-23(31-16-21-9-11-30(12-10-21)18(3)4)7-8-25(24)29-27(26)22-13-19(5)28-20(6)14-22/h7-8,13-15,17-18,21,29H,9-12,16H2,1-6H3. The van der Waals surface area contributed by atoms with Gasteiger partial charge in [-0.05, 0) is 101 Å². The molecule has 31 heavy (non-hydrogen) atoms. The molecule has 0 saturated carbocycles. The van der Waals surface area contributed by atoms with Gasteiger partial charge in [-0.3, -0.25) is 4.98 Å². The number of ether oxygens (including phenoxy) is 1. The summed E-state index contributed by atoms with van der Waals surface area (Å²) >= 11 is 0. The quantitative estimate of drug-likeness (QED) is 0.498. The normalized spacial score (nSPS) is 16.0. The Bertz CT molecular complexity index is 1020. The summed E-state index contributed by atoms with van der Waals surface area (Å²) in [7, 11) is 0. The molecule has 4 nitrogen and oxygen atoms in total. The molecule has 1 fully saturated rings. The molecule has 0 radical (unpaired) electrons. The highest BCUT2D eigenvalue weighted by atomic mass is 16.5. The van der Waals surface area contributed by atoms with E-state index in [1.54, 1.807) is 0 Å². The van der Waals surface area contributed by atoms with E-state index in [1.807, 2.05) is 0 Å². The molecule has 1 saturated heterocycles. The van der Waals surface area contributed by atoms with E-state index in [4.69, 9.17) is 4.74 Å². The molecule has 0 unspecified atom stereocenters. The van der Waals surface area contributed by atoms with Gasteiger partial charge in [-0.15, -0.1) is 0 Å². The van der Waals surface area contributed by atoms with Crippen LogP contribution in [0.3, 0.4) is 0 Å². The van der Waals surface area contributed by atoms with Crippen molar-refractivity contribution in [1.29, 1.82) is 0 Å². The molecule has 0 bridgehead atoms. The summed E-state index contributed by atoms with van der Waals surface area (Å²) in [5, 5.41) is 1.27. The molecule has 1 aliphatic heterocycles. The second-order valence-corrected chi connectivity index (χ2v) is 9.80. The molecular formula is C27H37N3O. The Morgan fingerprint density at radius 3 is 2.32 bits per heavy atom. The average Bonchev–Trinajstić information content (AvgIpc) is 3.11. The number of H-pyrrole nitrogens is 1. The summed E-state index contributed by atoms with van der Waals surface area (Å²) in [5.74, 6) is 2.04. The molecule has 0 atom stereocenters. The lowest BCUT2D eigenvalue weighted by Gasteiger charge is -2.34. The van der Waals surface area contributed by atoms with E-state index in [0.29, 0.717) is 17.9 Å². The van der Waals surface area contributed by atoms with Gasteiger partial charge >= 0.3 is 0 Å². The number of nitrogens with zero attached hydrogens (tertiary/aromatic N) is 2. The van der Waals surface area contributed by atoms with Crippen molar-refractivity contribution < 1.29 is 4.74 Å². The number of aromatic nitrogens is 2. The second-order valence-electron chi connectivity index (χ2n) is 9.80. The van der Waals surface area contributed by atoms with E-state index < -0.39 is 0 Å². The third-order valence-electron chi connectivity index (χ3n) is 6.62. The van der Waals surface area contributed by atoms with Crippen molar-refractivity contribution in [2.75, 3.05) is 19.7 Å². The molecule has 1 N–H and O–H groups in total. The Labute approximate surface area is 187 Å². The summed E-state index contributed by atoms with van der Waals surface area (Å²) in [5.41, 5.74) is 7.05. The van der Waals surface area contributed by atoms with Crippen molar-refractivity contribution in [3.8, 4) is 17.0 Å². The number of rotatable bonds is 6. The van der Waals surface area contributed by atoms with E-state index in [0.717, 1.165) is 23.7 Å². The predicted molar refractivity (Wildman–Crippen MR) is 130 cm³/mol. The van der Waals surface area contributed by atoms with Crippen molar-refractivity contribution in [3.63, 3.8) is 0 Å². The average molecular weight is 420 g/mol. The van der Waals surface area contributed by atoms with Crippen LogP contribution in [0.5, 0.6) is 5.75 Å². The molecule has 0 aliphatic carbocycles. The maximum atomic E-state index is 6.29. The third-order valence-corrected chi connectivity index (χ3v) is 6.62. The molecule has 2 aromatic heterocycles. The predicted octanol–water partition coefficient (Wildman–Crippen LogP) is 6.47. The van der Waals surface area contributed by atoms with Crippen molar-refractivity contribution in [2.45, 2.75) is 66.3 Å². The molecule has 0 amide bonds. The van der Waals surface area contributed by atoms with Crippen molar-refractivity contribution in [1.82, 2.24) is 14.9 Å². The van der Waals surface area contributed by atoms with Gasteiger partial charge in [-0.1, -0.05) is 13.8 Å². The van der Waals surface area contributed by atoms with E-state index in [9.17, 15) is 0 Å². The number of aromatic amines is 1. The van der Waals surface area contributed by atoms with Gasteiger partial charge in [0.1, 0.15) is 5.75 Å². The van der Waals surface area contributed by atoms with Crippen molar-refractivity contribution in [2.24, 2.45) is 5.92 Å². The number of likely N-dealkylation sites (tertiary alicyclic amines) is 1. The Balaban J connectivity index is 1.57. The smallest absolute Gasteiger partial charge is 0.120 e. The number of fused-ring (bicyclic) bond motifs is 1. The number of nitrogens with one attached hydrogen (secondary N) is 1. The third kappa shape index (κ3) is 4.79. The minimum atomic E-state index is 0.410. The first-order valence-electron chi connectivity index (χ1n) is 11.8. The minimum Gasteiger partial charge on any atom is -0.493 e. The van der Waals surface area contributed by atoms with Gasteiger partial charge in [0.2, 0.25) is 0 Å². The fraction of sp³-hybridized carbons (Fsp3) is 0.519. The SMILES string of the molecule is Cc1cc(-c2[nH]c3ccc(OCC4CCN(C(C)C)CC4)cc3c2C(C)C)cc(C)n1. The van der Waals surface area contributed by atoms with Gasteiger partial charge in [-0.25, -0.2) is 0 Å². The van der Waals surface area contributed by atoms with Crippen LogP contribution in [-0.4, -0.2) is 40.6 Å². The van der Waals surface area contributed by atoms with Crippen molar-refractivity contribution >= 4 is 10.9 Å². The van der Waals surface area contributed by atoms with Crippen LogP contribution < -0.4 is 4.74 Å². The van der Waals surface area contributed by atoms with Gasteiger partial charge < -0.3 is 14.6 Å². The van der Waals surface area contributed by atoms with Crippen LogP contribution in [0.15, 0.2) is 30.3 Å². The van der Waals surface area contributed by atoms with Gasteiger partial charge in [-0.2, -0.15) is 0 Å². The van der Waals surface area contributed by atoms with Crippen LogP contribution in [0.4, 0.5) is 0 Å². The van der Waals surface area contributed by atoms with Crippen LogP contribution in [-0.2, 0) is 0 Å². The van der Waals surface area contributed by atoms with Gasteiger partial charge in [0, 0.05) is 33.9 Å². The van der Waals surface area contributed by atoms with Crippen LogP contribution in [0.1, 0.15) is 63.4 Å². The highest BCUT2D eigenvalue weighted by Crippen LogP contribution is 2.37. The molecule has 1 aromatic carbocycles. The number of piperidine rings is 1. The summed E-state index contributed by atoms with van der Waals surface area (Å²) in [4.78, 5) is 10.8. The number of benzene rings is 1. The summed E-state index contributed by atoms with van der Waals surface area (Å²) < 4.78 is 6.29. The maximum Gasteiger partial charge on any atom is 0.120 e. The van der Waals surface area contributed by atoms with E-state index in [2.05, 4.69) is 86.7 Å². The summed E-state index contributed by atoms with van der Waals surface area (Å²) in [6.45, 7) is 16.4. The van der Waals surface area contributed by atoms with Gasteiger partial charge in [0.05, 0.1) is 12.3 Å². The number of aryl methyl sites for hydroxylation is 2. The highest BCUT2D eigenvalue weighted by Gasteiger charge is 2.22. The zero-order chi connectivity index (χ0) is 22.1. The van der Waals surface area contributed by atoms with Gasteiger partial charge in [0.15, 0.2) is 0 Å². The highest BCUT2D eigenvalue weighted by molar-refractivity contribution is 5.92. The molecule has 0 spiro atoms.